The first-order chi connectivity index (χ1) is 13.3. The minimum absolute atomic E-state index is 0. The van der Waals surface area contributed by atoms with Gasteiger partial charge in [-0.25, -0.2) is 9.67 Å². The van der Waals surface area contributed by atoms with Gasteiger partial charge in [-0.15, -0.1) is 17.5 Å². The Hall–Kier alpha value is -2.22. The van der Waals surface area contributed by atoms with Crippen molar-refractivity contribution in [2.45, 2.75) is 37.3 Å². The Kier molecular flexibility index (Phi) is 5.48. The second kappa shape index (κ2) is 8.03. The van der Waals surface area contributed by atoms with Crippen LogP contribution in [0, 0.1) is 0 Å². The summed E-state index contributed by atoms with van der Waals surface area (Å²) in [5.74, 6) is 2.14. The number of aromatic nitrogens is 5. The van der Waals surface area contributed by atoms with E-state index in [0.717, 1.165) is 55.3 Å². The molecular weight excluding hydrogens is 376 g/mol. The van der Waals surface area contributed by atoms with Gasteiger partial charge in [-0.3, -0.25) is 4.68 Å². The average Bonchev–Trinajstić information content (AvgIpc) is 3.35. The van der Waals surface area contributed by atoms with E-state index in [1.807, 2.05) is 42.3 Å². The number of rotatable bonds is 3. The number of fused-ring (bicyclic) bond motifs is 1. The molecule has 2 fully saturated rings. The van der Waals surface area contributed by atoms with Gasteiger partial charge in [0.15, 0.2) is 5.82 Å². The number of ether oxygens (including phenoxy) is 1. The highest BCUT2D eigenvalue weighted by Gasteiger charge is 2.36. The third-order valence-electron chi connectivity index (χ3n) is 5.59. The summed E-state index contributed by atoms with van der Waals surface area (Å²) in [6.07, 6.45) is 7.32. The Bertz CT molecular complexity index is 924. The summed E-state index contributed by atoms with van der Waals surface area (Å²) in [6, 6.07) is 10.6. The lowest BCUT2D eigenvalue weighted by Gasteiger charge is -2.39. The molecule has 0 radical (unpaired) electrons. The zero-order chi connectivity index (χ0) is 18.2. The summed E-state index contributed by atoms with van der Waals surface area (Å²) in [6.45, 7) is 1.74. The molecule has 2 aliphatic rings. The molecule has 1 saturated carbocycles. The maximum absolute atomic E-state index is 5.94. The van der Waals surface area contributed by atoms with Crippen LogP contribution in [-0.2, 0) is 11.8 Å². The van der Waals surface area contributed by atoms with Crippen molar-refractivity contribution in [3.05, 3.63) is 48.5 Å². The van der Waals surface area contributed by atoms with Crippen LogP contribution in [0.15, 0.2) is 42.7 Å². The van der Waals surface area contributed by atoms with Crippen LogP contribution in [0.25, 0.3) is 17.1 Å². The van der Waals surface area contributed by atoms with Crippen molar-refractivity contribution in [2.75, 3.05) is 13.2 Å². The molecule has 148 valence electrons. The van der Waals surface area contributed by atoms with Gasteiger partial charge in [0.1, 0.15) is 11.5 Å². The molecule has 8 heteroatoms. The van der Waals surface area contributed by atoms with E-state index in [2.05, 4.69) is 22.5 Å². The molecule has 1 aromatic carbocycles. The first kappa shape index (κ1) is 19.1. The average molecular weight is 401 g/mol. The van der Waals surface area contributed by atoms with Crippen molar-refractivity contribution in [1.82, 2.24) is 29.9 Å². The molecule has 2 aromatic heterocycles. The summed E-state index contributed by atoms with van der Waals surface area (Å²) in [7, 11) is 1.92. The predicted molar refractivity (Wildman–Crippen MR) is 109 cm³/mol. The first-order valence-corrected chi connectivity index (χ1v) is 9.64. The second-order valence-electron chi connectivity index (χ2n) is 7.42. The number of hydrogen-bond donors (Lipinski definition) is 1. The molecule has 1 aliphatic carbocycles. The summed E-state index contributed by atoms with van der Waals surface area (Å²) in [5, 5.41) is 12.8. The fraction of sp³-hybridized carbons (Fsp3) is 0.450. The molecule has 1 aliphatic heterocycles. The van der Waals surface area contributed by atoms with Crippen molar-refractivity contribution in [1.29, 1.82) is 0 Å². The molecule has 0 amide bonds. The highest BCUT2D eigenvalue weighted by atomic mass is 35.5. The van der Waals surface area contributed by atoms with Crippen LogP contribution >= 0.6 is 12.4 Å². The molecule has 28 heavy (non-hydrogen) atoms. The largest absolute Gasteiger partial charge is 0.375 e. The lowest BCUT2D eigenvalue weighted by Crippen LogP contribution is -2.51. The van der Waals surface area contributed by atoms with E-state index in [0.29, 0.717) is 18.1 Å². The number of benzene rings is 1. The van der Waals surface area contributed by atoms with Gasteiger partial charge in [-0.05, 0) is 19.3 Å². The summed E-state index contributed by atoms with van der Waals surface area (Å²) < 4.78 is 9.72. The minimum atomic E-state index is 0. The van der Waals surface area contributed by atoms with Crippen molar-refractivity contribution >= 4 is 12.4 Å². The van der Waals surface area contributed by atoms with Crippen LogP contribution < -0.4 is 5.32 Å². The van der Waals surface area contributed by atoms with E-state index < -0.39 is 0 Å². The Morgan fingerprint density at radius 3 is 2.82 bits per heavy atom. The third-order valence-corrected chi connectivity index (χ3v) is 5.59. The molecule has 3 atom stereocenters. The Balaban J connectivity index is 0.00000192. The molecule has 3 heterocycles. The van der Waals surface area contributed by atoms with Crippen LogP contribution in [0.5, 0.6) is 0 Å². The maximum Gasteiger partial charge on any atom is 0.181 e. The van der Waals surface area contributed by atoms with Crippen LogP contribution in [0.2, 0.25) is 0 Å². The molecule has 1 saturated heterocycles. The topological polar surface area (TPSA) is 69.8 Å². The molecule has 0 spiro atoms. The Morgan fingerprint density at radius 1 is 1.18 bits per heavy atom. The Labute approximate surface area is 170 Å². The molecule has 0 unspecified atom stereocenters. The molecule has 0 bridgehead atoms. The second-order valence-corrected chi connectivity index (χ2v) is 7.42. The number of nitrogens with one attached hydrogen (secondary N) is 1. The van der Waals surface area contributed by atoms with Crippen LogP contribution in [0.3, 0.4) is 0 Å². The quantitative estimate of drug-likeness (QED) is 0.732. The van der Waals surface area contributed by atoms with Gasteiger partial charge in [0.2, 0.25) is 0 Å². The van der Waals surface area contributed by atoms with E-state index in [1.54, 1.807) is 4.68 Å². The number of halogens is 1. The predicted octanol–water partition coefficient (Wildman–Crippen LogP) is 2.71. The zero-order valence-corrected chi connectivity index (χ0v) is 16.7. The van der Waals surface area contributed by atoms with Gasteiger partial charge in [-0.2, -0.15) is 5.10 Å². The fourth-order valence-corrected chi connectivity index (χ4v) is 4.25. The molecule has 7 nitrogen and oxygen atoms in total. The van der Waals surface area contributed by atoms with Crippen molar-refractivity contribution in [3.63, 3.8) is 0 Å². The van der Waals surface area contributed by atoms with E-state index in [9.17, 15) is 0 Å². The normalized spacial score (nSPS) is 24.4. The lowest BCUT2D eigenvalue weighted by molar-refractivity contribution is -0.0280. The lowest BCUT2D eigenvalue weighted by atomic mass is 9.82. The minimum Gasteiger partial charge on any atom is -0.375 e. The highest BCUT2D eigenvalue weighted by Crippen LogP contribution is 2.36. The standard InChI is InChI=1S/C20H24N6O.ClH/c1-25-13-16(12-22-25)26-20(23-19(24-26)14-5-3-2-4-6-14)15-7-8-18-17(11-15)21-9-10-27-18;/h2-6,12-13,15,17-18,21H,7-11H2,1H3;1H/t15-,17+,18+;/m0./s1. The maximum atomic E-state index is 5.94. The van der Waals surface area contributed by atoms with Crippen molar-refractivity contribution in [2.24, 2.45) is 7.05 Å². The highest BCUT2D eigenvalue weighted by molar-refractivity contribution is 5.85. The van der Waals surface area contributed by atoms with E-state index in [4.69, 9.17) is 14.8 Å². The number of nitrogens with zero attached hydrogens (tertiary/aromatic N) is 5. The van der Waals surface area contributed by atoms with Gasteiger partial charge in [0.25, 0.3) is 0 Å². The molecule has 1 N–H and O–H groups in total. The third kappa shape index (κ3) is 3.57. The van der Waals surface area contributed by atoms with Crippen LogP contribution in [0.1, 0.15) is 31.0 Å². The van der Waals surface area contributed by atoms with Gasteiger partial charge < -0.3 is 10.1 Å². The number of morpholine rings is 1. The number of hydrogen-bond acceptors (Lipinski definition) is 5. The van der Waals surface area contributed by atoms with Gasteiger partial charge in [-0.1, -0.05) is 30.3 Å². The zero-order valence-electron chi connectivity index (χ0n) is 15.9. The van der Waals surface area contributed by atoms with Gasteiger partial charge >= 0.3 is 0 Å². The monoisotopic (exact) mass is 400 g/mol. The SMILES string of the molecule is Cl.Cn1cc(-n2nc(-c3ccccc3)nc2[C@H]2CC[C@H]3OCCN[C@@H]3C2)cn1. The summed E-state index contributed by atoms with van der Waals surface area (Å²) in [4.78, 5) is 4.97. The smallest absolute Gasteiger partial charge is 0.181 e. The molecule has 5 rings (SSSR count). The number of aryl methyl sites for hydroxylation is 1. The Morgan fingerprint density at radius 2 is 2.04 bits per heavy atom. The van der Waals surface area contributed by atoms with E-state index >= 15 is 0 Å². The summed E-state index contributed by atoms with van der Waals surface area (Å²) >= 11 is 0. The first-order valence-electron chi connectivity index (χ1n) is 9.64. The summed E-state index contributed by atoms with van der Waals surface area (Å²) in [5.41, 5.74) is 1.99. The fourth-order valence-electron chi connectivity index (χ4n) is 4.25. The van der Waals surface area contributed by atoms with Crippen molar-refractivity contribution < 1.29 is 4.74 Å². The van der Waals surface area contributed by atoms with E-state index in [-0.39, 0.29) is 12.4 Å². The molecule has 3 aromatic rings. The van der Waals surface area contributed by atoms with Crippen LogP contribution in [0.4, 0.5) is 0 Å². The van der Waals surface area contributed by atoms with E-state index in [1.165, 1.54) is 0 Å². The van der Waals surface area contributed by atoms with Crippen molar-refractivity contribution in [3.8, 4) is 17.1 Å². The van der Waals surface area contributed by atoms with Gasteiger partial charge in [0.05, 0.1) is 25.1 Å². The van der Waals surface area contributed by atoms with Crippen LogP contribution in [-0.4, -0.2) is 49.8 Å². The van der Waals surface area contributed by atoms with Gasteiger partial charge in [0, 0.05) is 31.1 Å². The molecular formula is C20H25ClN6O.